The topological polar surface area (TPSA) is 46.9 Å². The van der Waals surface area contributed by atoms with Gasteiger partial charge in [-0.15, -0.1) is 0 Å². The Morgan fingerprint density at radius 3 is 2.90 bits per heavy atom. The van der Waals surface area contributed by atoms with Crippen molar-refractivity contribution in [2.45, 2.75) is 19.9 Å². The maximum atomic E-state index is 11.7. The van der Waals surface area contributed by atoms with E-state index in [2.05, 4.69) is 10.4 Å². The molecule has 0 bridgehead atoms. The van der Waals surface area contributed by atoms with E-state index < -0.39 is 0 Å². The number of nitrogens with one attached hydrogen (secondary N) is 1. The summed E-state index contributed by atoms with van der Waals surface area (Å²) in [5.74, 6) is -0.118. The van der Waals surface area contributed by atoms with Crippen LogP contribution >= 0.6 is 11.6 Å². The van der Waals surface area contributed by atoms with Gasteiger partial charge in [-0.3, -0.25) is 9.48 Å². The lowest BCUT2D eigenvalue weighted by molar-refractivity contribution is -0.116. The predicted molar refractivity (Wildman–Crippen MR) is 85.1 cm³/mol. The van der Waals surface area contributed by atoms with E-state index in [1.807, 2.05) is 35.9 Å². The third-order valence-corrected chi connectivity index (χ3v) is 3.44. The molecule has 0 aliphatic carbocycles. The molecule has 0 aliphatic rings. The number of carbonyl (C=O) groups is 1. The maximum Gasteiger partial charge on any atom is 0.244 e. The average molecular weight is 304 g/mol. The molecule has 0 atom stereocenters. The van der Waals surface area contributed by atoms with E-state index in [-0.39, 0.29) is 5.91 Å². The quantitative estimate of drug-likeness (QED) is 0.658. The summed E-state index contributed by atoms with van der Waals surface area (Å²) in [4.78, 5) is 11.7. The third-order valence-electron chi connectivity index (χ3n) is 3.09. The van der Waals surface area contributed by atoms with Crippen molar-refractivity contribution < 1.29 is 4.79 Å². The smallest absolute Gasteiger partial charge is 0.244 e. The van der Waals surface area contributed by atoms with Gasteiger partial charge in [0.1, 0.15) is 0 Å². The number of hydrogen-bond donors (Lipinski definition) is 1. The molecule has 1 heterocycles. The molecule has 5 heteroatoms. The second-order valence-corrected chi connectivity index (χ2v) is 5.10. The summed E-state index contributed by atoms with van der Waals surface area (Å²) in [6, 6.07) is 9.37. The zero-order chi connectivity index (χ0) is 15.1. The minimum absolute atomic E-state index is 0.118. The van der Waals surface area contributed by atoms with Crippen molar-refractivity contribution in [3.05, 3.63) is 58.9 Å². The Morgan fingerprint density at radius 1 is 1.38 bits per heavy atom. The Labute approximate surface area is 129 Å². The first kappa shape index (κ1) is 15.3. The van der Waals surface area contributed by atoms with Gasteiger partial charge in [0.15, 0.2) is 0 Å². The number of hydrogen-bond acceptors (Lipinski definition) is 2. The highest BCUT2D eigenvalue weighted by Gasteiger charge is 1.99. The molecule has 1 N–H and O–H groups in total. The average Bonchev–Trinajstić information content (AvgIpc) is 2.88. The second kappa shape index (κ2) is 7.64. The van der Waals surface area contributed by atoms with Crippen molar-refractivity contribution in [1.82, 2.24) is 15.1 Å². The highest BCUT2D eigenvalue weighted by atomic mass is 35.5. The molecule has 0 radical (unpaired) electrons. The molecule has 0 unspecified atom stereocenters. The van der Waals surface area contributed by atoms with Gasteiger partial charge in [0.05, 0.1) is 0 Å². The fraction of sp³-hybridized carbons (Fsp3) is 0.250. The summed E-state index contributed by atoms with van der Waals surface area (Å²) in [5.41, 5.74) is 1.96. The zero-order valence-electron chi connectivity index (χ0n) is 11.9. The molecule has 2 rings (SSSR count). The number of aromatic nitrogens is 2. The summed E-state index contributed by atoms with van der Waals surface area (Å²) in [5, 5.41) is 7.67. The van der Waals surface area contributed by atoms with E-state index in [0.29, 0.717) is 11.6 Å². The predicted octanol–water partition coefficient (Wildman–Crippen LogP) is 3.06. The first-order valence-corrected chi connectivity index (χ1v) is 7.23. The zero-order valence-corrected chi connectivity index (χ0v) is 12.7. The molecule has 2 aromatic rings. The summed E-state index contributed by atoms with van der Waals surface area (Å²) in [7, 11) is 0. The van der Waals surface area contributed by atoms with Crippen LogP contribution < -0.4 is 5.32 Å². The Morgan fingerprint density at radius 2 is 2.19 bits per heavy atom. The van der Waals surface area contributed by atoms with Gasteiger partial charge in [0, 0.05) is 36.1 Å². The summed E-state index contributed by atoms with van der Waals surface area (Å²) in [6.45, 7) is 3.43. The Hall–Kier alpha value is -2.07. The lowest BCUT2D eigenvalue weighted by atomic mass is 10.2. The third kappa shape index (κ3) is 4.76. The SMILES string of the molecule is Cc1ccnn1CCCNC(=O)/C=C/c1ccccc1Cl. The molecule has 21 heavy (non-hydrogen) atoms. The molecule has 1 aromatic carbocycles. The molecule has 0 saturated heterocycles. The van der Waals surface area contributed by atoms with Crippen molar-refractivity contribution in [3.63, 3.8) is 0 Å². The van der Waals surface area contributed by atoms with Crippen molar-refractivity contribution in [2.24, 2.45) is 0 Å². The van der Waals surface area contributed by atoms with Crippen LogP contribution in [0.1, 0.15) is 17.7 Å². The fourth-order valence-corrected chi connectivity index (χ4v) is 2.11. The Kier molecular flexibility index (Phi) is 5.58. The molecule has 0 saturated carbocycles. The molecule has 0 aliphatic heterocycles. The molecule has 1 aromatic heterocycles. The van der Waals surface area contributed by atoms with Crippen molar-refractivity contribution in [3.8, 4) is 0 Å². The molecule has 0 spiro atoms. The fourth-order valence-electron chi connectivity index (χ4n) is 1.91. The van der Waals surface area contributed by atoms with Gasteiger partial charge < -0.3 is 5.32 Å². The van der Waals surface area contributed by atoms with Gasteiger partial charge in [-0.05, 0) is 37.1 Å². The largest absolute Gasteiger partial charge is 0.352 e. The normalized spacial score (nSPS) is 11.0. The first-order valence-electron chi connectivity index (χ1n) is 6.85. The highest BCUT2D eigenvalue weighted by Crippen LogP contribution is 2.15. The number of amides is 1. The van der Waals surface area contributed by atoms with Crippen LogP contribution in [-0.4, -0.2) is 22.2 Å². The number of nitrogens with zero attached hydrogens (tertiary/aromatic N) is 2. The molecule has 4 nitrogen and oxygen atoms in total. The van der Waals surface area contributed by atoms with Gasteiger partial charge in [-0.25, -0.2) is 0 Å². The summed E-state index contributed by atoms with van der Waals surface area (Å²) < 4.78 is 1.92. The highest BCUT2D eigenvalue weighted by molar-refractivity contribution is 6.32. The lowest BCUT2D eigenvalue weighted by Crippen LogP contribution is -2.23. The van der Waals surface area contributed by atoms with E-state index in [4.69, 9.17) is 11.6 Å². The molecular weight excluding hydrogens is 286 g/mol. The van der Waals surface area contributed by atoms with Crippen LogP contribution in [0.15, 0.2) is 42.6 Å². The van der Waals surface area contributed by atoms with Crippen LogP contribution in [0.5, 0.6) is 0 Å². The number of benzene rings is 1. The standard InChI is InChI=1S/C16H18ClN3O/c1-13-9-11-19-20(13)12-4-10-18-16(21)8-7-14-5-2-3-6-15(14)17/h2-3,5-9,11H,4,10,12H2,1H3,(H,18,21)/b8-7+. The Bertz CT molecular complexity index is 634. The second-order valence-electron chi connectivity index (χ2n) is 4.70. The van der Waals surface area contributed by atoms with Gasteiger partial charge >= 0.3 is 0 Å². The number of carbonyl (C=O) groups excluding carboxylic acids is 1. The minimum Gasteiger partial charge on any atom is -0.352 e. The van der Waals surface area contributed by atoms with E-state index in [1.54, 1.807) is 18.3 Å². The van der Waals surface area contributed by atoms with Crippen molar-refractivity contribution in [1.29, 1.82) is 0 Å². The maximum absolute atomic E-state index is 11.7. The van der Waals surface area contributed by atoms with Crippen LogP contribution in [0, 0.1) is 6.92 Å². The molecule has 1 amide bonds. The van der Waals surface area contributed by atoms with Crippen LogP contribution in [0.3, 0.4) is 0 Å². The van der Waals surface area contributed by atoms with E-state index in [1.165, 1.54) is 6.08 Å². The van der Waals surface area contributed by atoms with Crippen LogP contribution in [0.25, 0.3) is 6.08 Å². The molecule has 0 fully saturated rings. The van der Waals surface area contributed by atoms with Gasteiger partial charge in [0.2, 0.25) is 5.91 Å². The number of halogens is 1. The van der Waals surface area contributed by atoms with Crippen LogP contribution in [0.4, 0.5) is 0 Å². The van der Waals surface area contributed by atoms with E-state index in [9.17, 15) is 4.79 Å². The van der Waals surface area contributed by atoms with Gasteiger partial charge in [0.25, 0.3) is 0 Å². The van der Waals surface area contributed by atoms with Gasteiger partial charge in [-0.1, -0.05) is 29.8 Å². The van der Waals surface area contributed by atoms with Crippen LogP contribution in [0.2, 0.25) is 5.02 Å². The lowest BCUT2D eigenvalue weighted by Gasteiger charge is -2.05. The number of rotatable bonds is 6. The van der Waals surface area contributed by atoms with Crippen LogP contribution in [-0.2, 0) is 11.3 Å². The molecular formula is C16H18ClN3O. The number of aryl methyl sites for hydroxylation is 2. The van der Waals surface area contributed by atoms with E-state index in [0.717, 1.165) is 24.2 Å². The first-order chi connectivity index (χ1) is 10.2. The molecule has 110 valence electrons. The Balaban J connectivity index is 1.73. The summed E-state index contributed by atoms with van der Waals surface area (Å²) in [6.07, 6.45) is 5.84. The van der Waals surface area contributed by atoms with E-state index >= 15 is 0 Å². The monoisotopic (exact) mass is 303 g/mol. The van der Waals surface area contributed by atoms with Crippen molar-refractivity contribution >= 4 is 23.6 Å². The minimum atomic E-state index is -0.118. The summed E-state index contributed by atoms with van der Waals surface area (Å²) >= 11 is 6.01. The van der Waals surface area contributed by atoms with Crippen molar-refractivity contribution in [2.75, 3.05) is 6.54 Å². The van der Waals surface area contributed by atoms with Gasteiger partial charge in [-0.2, -0.15) is 5.10 Å².